The van der Waals surface area contributed by atoms with Gasteiger partial charge < -0.3 is 10.5 Å². The molecule has 1 fully saturated rings. The van der Waals surface area contributed by atoms with Crippen molar-refractivity contribution in [2.24, 2.45) is 11.7 Å². The minimum absolute atomic E-state index is 0.00471. The number of nitrogens with two attached hydrogens (primary N) is 1. The second kappa shape index (κ2) is 10.1. The SMILES string of the molecule is NCC1CCN(CC(=O)OC(Cn2cncn2)(Cn2cncn2)c2ccc(F)cc2F)CC1. The molecular weight excluding hydrogens is 434 g/mol. The maximum Gasteiger partial charge on any atom is 0.321 e. The van der Waals surface area contributed by atoms with Crippen LogP contribution in [0.15, 0.2) is 43.5 Å². The van der Waals surface area contributed by atoms with Gasteiger partial charge in [0.25, 0.3) is 0 Å². The summed E-state index contributed by atoms with van der Waals surface area (Å²) in [5.74, 6) is -1.66. The van der Waals surface area contributed by atoms with E-state index in [1.54, 1.807) is 0 Å². The number of benzene rings is 1. The van der Waals surface area contributed by atoms with Crippen LogP contribution in [0.1, 0.15) is 18.4 Å². The van der Waals surface area contributed by atoms with Crippen molar-refractivity contribution in [2.75, 3.05) is 26.2 Å². The van der Waals surface area contributed by atoms with Gasteiger partial charge >= 0.3 is 5.97 Å². The first-order chi connectivity index (χ1) is 16.0. The number of ether oxygens (including phenoxy) is 1. The van der Waals surface area contributed by atoms with Crippen LogP contribution >= 0.6 is 0 Å². The van der Waals surface area contributed by atoms with Crippen LogP contribution in [0.2, 0.25) is 0 Å². The lowest BCUT2D eigenvalue weighted by Gasteiger charge is -2.35. The van der Waals surface area contributed by atoms with Gasteiger partial charge in [0, 0.05) is 11.6 Å². The molecule has 12 heteroatoms. The first-order valence-electron chi connectivity index (χ1n) is 10.7. The number of hydrogen-bond acceptors (Lipinski definition) is 8. The Bertz CT molecular complexity index is 1000. The molecule has 3 aromatic rings. The van der Waals surface area contributed by atoms with E-state index in [2.05, 4.69) is 20.2 Å². The summed E-state index contributed by atoms with van der Waals surface area (Å²) in [5.41, 5.74) is 4.18. The quantitative estimate of drug-likeness (QED) is 0.469. The number of esters is 1. The van der Waals surface area contributed by atoms with Crippen LogP contribution in [0.3, 0.4) is 0 Å². The molecule has 33 heavy (non-hydrogen) atoms. The molecule has 0 saturated carbocycles. The molecule has 176 valence electrons. The maximum atomic E-state index is 15.0. The lowest BCUT2D eigenvalue weighted by Crippen LogP contribution is -2.45. The standard InChI is InChI=1S/C21H26F2N8O2/c22-17-1-2-18(19(23)7-17)21(10-30-14-25-12-27-30,11-31-15-26-13-28-31)33-20(32)9-29-5-3-16(8-24)4-6-29/h1-2,7,12-16H,3-6,8-11,24H2. The van der Waals surface area contributed by atoms with Gasteiger partial charge in [-0.05, 0) is 50.5 Å². The fourth-order valence-corrected chi connectivity index (χ4v) is 4.16. The third-order valence-electron chi connectivity index (χ3n) is 5.89. The molecule has 10 nitrogen and oxygen atoms in total. The van der Waals surface area contributed by atoms with Crippen molar-refractivity contribution in [3.05, 3.63) is 60.7 Å². The van der Waals surface area contributed by atoms with Gasteiger partial charge in [0.15, 0.2) is 5.60 Å². The largest absolute Gasteiger partial charge is 0.449 e. The number of nitrogens with zero attached hydrogens (tertiary/aromatic N) is 7. The zero-order chi connectivity index (χ0) is 23.3. The first-order valence-corrected chi connectivity index (χ1v) is 10.7. The van der Waals surface area contributed by atoms with Crippen LogP contribution in [-0.2, 0) is 28.2 Å². The normalized spacial score (nSPS) is 15.6. The molecular formula is C21H26F2N8O2. The Morgan fingerprint density at radius 1 is 1.09 bits per heavy atom. The van der Waals surface area contributed by atoms with Crippen LogP contribution in [0, 0.1) is 17.6 Å². The minimum atomic E-state index is -1.58. The molecule has 1 aliphatic heterocycles. The molecule has 1 aliphatic rings. The zero-order valence-electron chi connectivity index (χ0n) is 18.1. The predicted octanol–water partition coefficient (Wildman–Crippen LogP) is 0.957. The van der Waals surface area contributed by atoms with Crippen molar-refractivity contribution in [1.82, 2.24) is 34.4 Å². The summed E-state index contributed by atoms with van der Waals surface area (Å²) in [6.07, 6.45) is 7.32. The predicted molar refractivity (Wildman–Crippen MR) is 112 cm³/mol. The summed E-state index contributed by atoms with van der Waals surface area (Å²) in [6.45, 7) is 1.99. The zero-order valence-corrected chi connectivity index (χ0v) is 18.1. The van der Waals surface area contributed by atoms with Crippen LogP contribution in [0.25, 0.3) is 0 Å². The van der Waals surface area contributed by atoms with Crippen LogP contribution in [0.4, 0.5) is 8.78 Å². The minimum Gasteiger partial charge on any atom is -0.449 e. The van der Waals surface area contributed by atoms with Crippen LogP contribution < -0.4 is 5.73 Å². The van der Waals surface area contributed by atoms with Gasteiger partial charge in [0.1, 0.15) is 36.9 Å². The van der Waals surface area contributed by atoms with Crippen LogP contribution in [-0.4, -0.2) is 66.6 Å². The van der Waals surface area contributed by atoms with E-state index < -0.39 is 23.2 Å². The highest BCUT2D eigenvalue weighted by Crippen LogP contribution is 2.33. The molecule has 0 bridgehead atoms. The maximum absolute atomic E-state index is 15.0. The fourth-order valence-electron chi connectivity index (χ4n) is 4.16. The van der Waals surface area contributed by atoms with Gasteiger partial charge in [-0.3, -0.25) is 9.69 Å². The molecule has 4 rings (SSSR count). The number of hydrogen-bond donors (Lipinski definition) is 1. The van der Waals surface area contributed by atoms with Crippen molar-refractivity contribution in [3.63, 3.8) is 0 Å². The van der Waals surface area contributed by atoms with Crippen molar-refractivity contribution in [1.29, 1.82) is 0 Å². The number of likely N-dealkylation sites (tertiary alicyclic amines) is 1. The van der Waals surface area contributed by atoms with Crippen LogP contribution in [0.5, 0.6) is 0 Å². The highest BCUT2D eigenvalue weighted by molar-refractivity contribution is 5.72. The second-order valence-electron chi connectivity index (χ2n) is 8.23. The van der Waals surface area contributed by atoms with Gasteiger partial charge in [0.05, 0.1) is 19.6 Å². The number of rotatable bonds is 9. The molecule has 0 spiro atoms. The molecule has 2 N–H and O–H groups in total. The summed E-state index contributed by atoms with van der Waals surface area (Å²) >= 11 is 0. The monoisotopic (exact) mass is 460 g/mol. The van der Waals surface area contributed by atoms with Gasteiger partial charge in [-0.25, -0.2) is 28.1 Å². The third kappa shape index (κ3) is 5.57. The van der Waals surface area contributed by atoms with Crippen molar-refractivity contribution >= 4 is 5.97 Å². The van der Waals surface area contributed by atoms with E-state index >= 15 is 4.39 Å². The van der Waals surface area contributed by atoms with Gasteiger partial charge in [-0.15, -0.1) is 0 Å². The van der Waals surface area contributed by atoms with E-state index in [9.17, 15) is 9.18 Å². The molecule has 0 aliphatic carbocycles. The fraction of sp³-hybridized carbons (Fsp3) is 0.476. The van der Waals surface area contributed by atoms with E-state index in [0.29, 0.717) is 12.5 Å². The topological polar surface area (TPSA) is 117 Å². The van der Waals surface area contributed by atoms with Gasteiger partial charge in [-0.1, -0.05) is 0 Å². The lowest BCUT2D eigenvalue weighted by atomic mass is 9.92. The van der Waals surface area contributed by atoms with Crippen molar-refractivity contribution in [3.8, 4) is 0 Å². The molecule has 0 unspecified atom stereocenters. The van der Waals surface area contributed by atoms with Crippen molar-refractivity contribution in [2.45, 2.75) is 31.5 Å². The summed E-state index contributed by atoms with van der Waals surface area (Å²) in [7, 11) is 0. The Labute approximate surface area is 189 Å². The number of halogens is 2. The summed E-state index contributed by atoms with van der Waals surface area (Å²) < 4.78 is 37.6. The van der Waals surface area contributed by atoms with E-state index in [4.69, 9.17) is 10.5 Å². The summed E-state index contributed by atoms with van der Waals surface area (Å²) in [4.78, 5) is 23.0. The molecule has 0 amide bonds. The molecule has 2 aromatic heterocycles. The average molecular weight is 460 g/mol. The number of carbonyl (C=O) groups excluding carboxylic acids is 1. The Morgan fingerprint density at radius 3 is 2.24 bits per heavy atom. The number of aromatic nitrogens is 6. The highest BCUT2D eigenvalue weighted by Gasteiger charge is 2.41. The highest BCUT2D eigenvalue weighted by atomic mass is 19.1. The molecule has 1 aromatic carbocycles. The second-order valence-corrected chi connectivity index (χ2v) is 8.23. The summed E-state index contributed by atoms with van der Waals surface area (Å²) in [5, 5.41) is 8.19. The molecule has 3 heterocycles. The van der Waals surface area contributed by atoms with Gasteiger partial charge in [0.2, 0.25) is 0 Å². The Morgan fingerprint density at radius 2 is 1.73 bits per heavy atom. The Balaban J connectivity index is 1.65. The van der Waals surface area contributed by atoms with Gasteiger partial charge in [-0.2, -0.15) is 10.2 Å². The van der Waals surface area contributed by atoms with E-state index in [1.807, 2.05) is 4.90 Å². The molecule has 0 atom stereocenters. The first kappa shape index (κ1) is 22.9. The molecule has 0 radical (unpaired) electrons. The van der Waals surface area contributed by atoms with E-state index in [1.165, 1.54) is 40.7 Å². The summed E-state index contributed by atoms with van der Waals surface area (Å²) in [6, 6.07) is 3.16. The molecule has 1 saturated heterocycles. The smallest absolute Gasteiger partial charge is 0.321 e. The Kier molecular flexibility index (Phi) is 7.04. The number of piperidine rings is 1. The average Bonchev–Trinajstić information content (AvgIpc) is 3.48. The van der Waals surface area contributed by atoms with E-state index in [-0.39, 0.29) is 25.2 Å². The van der Waals surface area contributed by atoms with E-state index in [0.717, 1.165) is 38.1 Å². The lowest BCUT2D eigenvalue weighted by molar-refractivity contribution is -0.167. The Hall–Kier alpha value is -3.25. The van der Waals surface area contributed by atoms with Crippen molar-refractivity contribution < 1.29 is 18.3 Å². The third-order valence-corrected chi connectivity index (χ3v) is 5.89. The number of carbonyl (C=O) groups is 1.